The van der Waals surface area contributed by atoms with Crippen molar-refractivity contribution in [1.29, 1.82) is 0 Å². The molecule has 0 radical (unpaired) electrons. The molecule has 0 saturated carbocycles. The SMILES string of the molecule is O=C1CN(C(=O)NCCc2ccco2)C(C(=O)O)CN1. The number of carboxylic acids is 1. The van der Waals surface area contributed by atoms with Crippen LogP contribution in [-0.4, -0.2) is 53.6 Å². The van der Waals surface area contributed by atoms with Gasteiger partial charge in [0, 0.05) is 19.5 Å². The van der Waals surface area contributed by atoms with Gasteiger partial charge in [-0.25, -0.2) is 9.59 Å². The number of hydrogen-bond donors (Lipinski definition) is 3. The van der Waals surface area contributed by atoms with Crippen molar-refractivity contribution in [2.45, 2.75) is 12.5 Å². The number of nitrogens with zero attached hydrogens (tertiary/aromatic N) is 1. The minimum atomic E-state index is -1.15. The number of carbonyl (C=O) groups excluding carboxylic acids is 2. The summed E-state index contributed by atoms with van der Waals surface area (Å²) in [4.78, 5) is 35.3. The number of amides is 3. The number of hydrogen-bond acceptors (Lipinski definition) is 4. The molecule has 1 saturated heterocycles. The second-order valence-corrected chi connectivity index (χ2v) is 4.35. The summed E-state index contributed by atoms with van der Waals surface area (Å²) in [5.74, 6) is -0.800. The third kappa shape index (κ3) is 3.28. The number of urea groups is 1. The van der Waals surface area contributed by atoms with E-state index in [0.29, 0.717) is 13.0 Å². The lowest BCUT2D eigenvalue weighted by atomic mass is 10.2. The maximum absolute atomic E-state index is 11.9. The van der Waals surface area contributed by atoms with Gasteiger partial charge < -0.3 is 20.2 Å². The smallest absolute Gasteiger partial charge is 0.328 e. The summed E-state index contributed by atoms with van der Waals surface area (Å²) in [7, 11) is 0. The Morgan fingerprint density at radius 2 is 2.35 bits per heavy atom. The molecule has 0 aromatic carbocycles. The Kier molecular flexibility index (Phi) is 4.24. The molecule has 1 aliphatic heterocycles. The lowest BCUT2D eigenvalue weighted by molar-refractivity contribution is -0.144. The normalized spacial score (nSPS) is 18.5. The third-order valence-electron chi connectivity index (χ3n) is 2.96. The van der Waals surface area contributed by atoms with E-state index in [1.807, 2.05) is 0 Å². The van der Waals surface area contributed by atoms with Crippen molar-refractivity contribution in [3.05, 3.63) is 24.2 Å². The van der Waals surface area contributed by atoms with E-state index in [1.165, 1.54) is 6.26 Å². The van der Waals surface area contributed by atoms with Gasteiger partial charge in [-0.15, -0.1) is 0 Å². The van der Waals surface area contributed by atoms with E-state index in [0.717, 1.165) is 10.7 Å². The summed E-state index contributed by atoms with van der Waals surface area (Å²) in [6.45, 7) is -0.0415. The van der Waals surface area contributed by atoms with Gasteiger partial charge in [0.1, 0.15) is 18.3 Å². The first kappa shape index (κ1) is 13.9. The fourth-order valence-corrected chi connectivity index (χ4v) is 1.92. The number of furan rings is 1. The Bertz CT molecular complexity index is 499. The monoisotopic (exact) mass is 281 g/mol. The van der Waals surface area contributed by atoms with E-state index in [4.69, 9.17) is 9.52 Å². The highest BCUT2D eigenvalue weighted by Gasteiger charge is 2.34. The predicted octanol–water partition coefficient (Wildman–Crippen LogP) is -0.583. The number of rotatable bonds is 4. The molecule has 1 aliphatic rings. The number of carbonyl (C=O) groups is 3. The second-order valence-electron chi connectivity index (χ2n) is 4.35. The van der Waals surface area contributed by atoms with E-state index >= 15 is 0 Å². The van der Waals surface area contributed by atoms with Crippen molar-refractivity contribution < 1.29 is 23.9 Å². The third-order valence-corrected chi connectivity index (χ3v) is 2.96. The molecule has 1 unspecified atom stereocenters. The molecule has 3 amide bonds. The van der Waals surface area contributed by atoms with Gasteiger partial charge in [0.2, 0.25) is 5.91 Å². The Morgan fingerprint density at radius 1 is 1.55 bits per heavy atom. The van der Waals surface area contributed by atoms with Crippen molar-refractivity contribution in [3.8, 4) is 0 Å². The molecule has 0 aliphatic carbocycles. The van der Waals surface area contributed by atoms with Crippen molar-refractivity contribution in [3.63, 3.8) is 0 Å². The first-order chi connectivity index (χ1) is 9.58. The Hall–Kier alpha value is -2.51. The van der Waals surface area contributed by atoms with Crippen molar-refractivity contribution in [2.75, 3.05) is 19.6 Å². The van der Waals surface area contributed by atoms with E-state index in [9.17, 15) is 14.4 Å². The van der Waals surface area contributed by atoms with Crippen LogP contribution in [0, 0.1) is 0 Å². The molecule has 1 atom stereocenters. The molecule has 1 aromatic rings. The zero-order valence-corrected chi connectivity index (χ0v) is 10.7. The van der Waals surface area contributed by atoms with Gasteiger partial charge in [-0.1, -0.05) is 0 Å². The van der Waals surface area contributed by atoms with Gasteiger partial charge in [0.15, 0.2) is 0 Å². The first-order valence-corrected chi connectivity index (χ1v) is 6.14. The Labute approximate surface area is 114 Å². The quantitative estimate of drug-likeness (QED) is 0.683. The average Bonchev–Trinajstić information content (AvgIpc) is 2.91. The van der Waals surface area contributed by atoms with E-state index < -0.39 is 18.0 Å². The lowest BCUT2D eigenvalue weighted by Crippen LogP contribution is -2.61. The molecule has 0 bridgehead atoms. The molecule has 20 heavy (non-hydrogen) atoms. The van der Waals surface area contributed by atoms with Gasteiger partial charge in [-0.2, -0.15) is 0 Å². The van der Waals surface area contributed by atoms with Crippen LogP contribution in [0.2, 0.25) is 0 Å². The zero-order valence-electron chi connectivity index (χ0n) is 10.7. The summed E-state index contributed by atoms with van der Waals surface area (Å²) in [5.41, 5.74) is 0. The predicted molar refractivity (Wildman–Crippen MR) is 67.0 cm³/mol. The number of nitrogens with one attached hydrogen (secondary N) is 2. The molecule has 3 N–H and O–H groups in total. The van der Waals surface area contributed by atoms with Crippen LogP contribution >= 0.6 is 0 Å². The summed E-state index contributed by atoms with van der Waals surface area (Å²) in [5, 5.41) is 14.0. The van der Waals surface area contributed by atoms with Crippen LogP contribution in [-0.2, 0) is 16.0 Å². The molecule has 8 nitrogen and oxygen atoms in total. The summed E-state index contributed by atoms with van der Waals surface area (Å²) < 4.78 is 5.11. The number of aliphatic carboxylic acids is 1. The van der Waals surface area contributed by atoms with Crippen molar-refractivity contribution in [2.24, 2.45) is 0 Å². The minimum Gasteiger partial charge on any atom is -0.480 e. The molecule has 1 fully saturated rings. The van der Waals surface area contributed by atoms with Crippen LogP contribution in [0.25, 0.3) is 0 Å². The van der Waals surface area contributed by atoms with E-state index in [-0.39, 0.29) is 19.0 Å². The molecule has 2 rings (SSSR count). The number of piperazine rings is 1. The molecule has 1 aromatic heterocycles. The maximum Gasteiger partial charge on any atom is 0.328 e. The van der Waals surface area contributed by atoms with Crippen LogP contribution in [0.1, 0.15) is 5.76 Å². The maximum atomic E-state index is 11.9. The van der Waals surface area contributed by atoms with Gasteiger partial charge in [0.25, 0.3) is 0 Å². The number of carboxylic acid groups (broad SMARTS) is 1. The standard InChI is InChI=1S/C12H15N3O5/c16-10-7-15(9(6-14-10)11(17)18)12(19)13-4-3-8-2-1-5-20-8/h1-2,5,9H,3-4,6-7H2,(H,13,19)(H,14,16)(H,17,18). The van der Waals surface area contributed by atoms with Crippen LogP contribution < -0.4 is 10.6 Å². The van der Waals surface area contributed by atoms with Crippen molar-refractivity contribution >= 4 is 17.9 Å². The highest BCUT2D eigenvalue weighted by molar-refractivity contribution is 5.90. The van der Waals surface area contributed by atoms with Crippen LogP contribution in [0.15, 0.2) is 22.8 Å². The molecule has 0 spiro atoms. The van der Waals surface area contributed by atoms with Crippen LogP contribution in [0.3, 0.4) is 0 Å². The van der Waals surface area contributed by atoms with Gasteiger partial charge in [-0.3, -0.25) is 9.69 Å². The Balaban J connectivity index is 1.88. The second kappa shape index (κ2) is 6.09. The molecular formula is C12H15N3O5. The zero-order chi connectivity index (χ0) is 14.5. The van der Waals surface area contributed by atoms with Gasteiger partial charge in [-0.05, 0) is 12.1 Å². The van der Waals surface area contributed by atoms with Crippen LogP contribution in [0.5, 0.6) is 0 Å². The molecule has 108 valence electrons. The first-order valence-electron chi connectivity index (χ1n) is 6.14. The van der Waals surface area contributed by atoms with Crippen LogP contribution in [0.4, 0.5) is 4.79 Å². The minimum absolute atomic E-state index is 0.0836. The summed E-state index contributed by atoms with van der Waals surface area (Å²) >= 11 is 0. The average molecular weight is 281 g/mol. The summed E-state index contributed by atoms with van der Waals surface area (Å²) in [6, 6.07) is 1.91. The lowest BCUT2D eigenvalue weighted by Gasteiger charge is -2.32. The topological polar surface area (TPSA) is 112 Å². The Morgan fingerprint density at radius 3 is 3.00 bits per heavy atom. The molecule has 8 heteroatoms. The highest BCUT2D eigenvalue weighted by atomic mass is 16.4. The molecular weight excluding hydrogens is 266 g/mol. The van der Waals surface area contributed by atoms with Crippen molar-refractivity contribution in [1.82, 2.24) is 15.5 Å². The molecule has 2 heterocycles. The summed E-state index contributed by atoms with van der Waals surface area (Å²) in [6.07, 6.45) is 2.03. The van der Waals surface area contributed by atoms with Gasteiger partial charge >= 0.3 is 12.0 Å². The van der Waals surface area contributed by atoms with Gasteiger partial charge in [0.05, 0.1) is 6.26 Å². The largest absolute Gasteiger partial charge is 0.480 e. The fraction of sp³-hybridized carbons (Fsp3) is 0.417. The van der Waals surface area contributed by atoms with E-state index in [2.05, 4.69) is 10.6 Å². The fourth-order valence-electron chi connectivity index (χ4n) is 1.92. The van der Waals surface area contributed by atoms with E-state index in [1.54, 1.807) is 12.1 Å². The highest BCUT2D eigenvalue weighted by Crippen LogP contribution is 2.05.